The molecule has 54 heavy (non-hydrogen) atoms. The van der Waals surface area contributed by atoms with Crippen LogP contribution in [-0.2, 0) is 14.3 Å². The van der Waals surface area contributed by atoms with Crippen LogP contribution in [0, 0.1) is 0 Å². The van der Waals surface area contributed by atoms with Gasteiger partial charge in [-0.25, -0.2) is 0 Å². The second kappa shape index (κ2) is 35.8. The zero-order valence-electron chi connectivity index (χ0n) is 34.5. The van der Waals surface area contributed by atoms with E-state index in [2.05, 4.69) is 43.5 Å². The lowest BCUT2D eigenvalue weighted by Crippen LogP contribution is -2.60. The highest BCUT2D eigenvalue weighted by Crippen LogP contribution is 2.22. The van der Waals surface area contributed by atoms with E-state index in [1.54, 1.807) is 6.08 Å². The van der Waals surface area contributed by atoms with Gasteiger partial charge in [0.15, 0.2) is 6.29 Å². The van der Waals surface area contributed by atoms with Crippen molar-refractivity contribution in [1.82, 2.24) is 5.32 Å². The Bertz CT molecular complexity index is 941. The zero-order valence-corrected chi connectivity index (χ0v) is 34.5. The van der Waals surface area contributed by atoms with Crippen molar-refractivity contribution >= 4 is 5.91 Å². The van der Waals surface area contributed by atoms with Gasteiger partial charge in [0.05, 0.1) is 25.4 Å². The first-order valence-corrected chi connectivity index (χ1v) is 22.2. The van der Waals surface area contributed by atoms with Gasteiger partial charge in [-0.15, -0.1) is 0 Å². The molecular weight excluding hydrogens is 682 g/mol. The molecule has 0 aromatic carbocycles. The fraction of sp³-hybridized carbons (Fsp3) is 0.844. The van der Waals surface area contributed by atoms with Crippen molar-refractivity contribution < 1.29 is 39.8 Å². The van der Waals surface area contributed by atoms with Gasteiger partial charge in [0.2, 0.25) is 5.91 Å². The SMILES string of the molecule is CCCCCCCCCC/C=C/CC/C=C/CC/C=C/C(O)C(COC1OC(CO)C(O)C(O)C1O)NC(=O)CCCCCCCCCCCCCCC. The molecule has 0 aromatic heterocycles. The predicted octanol–water partition coefficient (Wildman–Crippen LogP) is 8.89. The number of aliphatic hydroxyl groups is 5. The van der Waals surface area contributed by atoms with Gasteiger partial charge in [-0.05, 0) is 44.9 Å². The van der Waals surface area contributed by atoms with Crippen LogP contribution in [0.3, 0.4) is 0 Å². The summed E-state index contributed by atoms with van der Waals surface area (Å²) in [6.07, 6.45) is 36.1. The molecule has 0 radical (unpaired) electrons. The summed E-state index contributed by atoms with van der Waals surface area (Å²) in [5.74, 6) is -0.192. The van der Waals surface area contributed by atoms with Crippen molar-refractivity contribution in [3.63, 3.8) is 0 Å². The maximum absolute atomic E-state index is 12.9. The van der Waals surface area contributed by atoms with Crippen LogP contribution in [0.2, 0.25) is 0 Å². The van der Waals surface area contributed by atoms with E-state index >= 15 is 0 Å². The van der Waals surface area contributed by atoms with E-state index in [0.717, 1.165) is 44.9 Å². The summed E-state index contributed by atoms with van der Waals surface area (Å²) in [7, 11) is 0. The lowest BCUT2D eigenvalue weighted by Gasteiger charge is -2.40. The van der Waals surface area contributed by atoms with Gasteiger partial charge in [-0.3, -0.25) is 4.79 Å². The van der Waals surface area contributed by atoms with Gasteiger partial charge in [-0.1, -0.05) is 172 Å². The van der Waals surface area contributed by atoms with Crippen molar-refractivity contribution in [2.24, 2.45) is 0 Å². The van der Waals surface area contributed by atoms with Gasteiger partial charge in [0.1, 0.15) is 24.4 Å². The first kappa shape index (κ1) is 50.4. The number of ether oxygens (including phenoxy) is 2. The lowest BCUT2D eigenvalue weighted by molar-refractivity contribution is -0.302. The monoisotopic (exact) mass is 766 g/mol. The summed E-state index contributed by atoms with van der Waals surface area (Å²) in [6, 6.07) is -0.823. The minimum Gasteiger partial charge on any atom is -0.394 e. The van der Waals surface area contributed by atoms with Crippen molar-refractivity contribution in [2.75, 3.05) is 13.2 Å². The third-order valence-electron chi connectivity index (χ3n) is 10.4. The van der Waals surface area contributed by atoms with Gasteiger partial charge in [0.25, 0.3) is 0 Å². The minimum atomic E-state index is -1.57. The summed E-state index contributed by atoms with van der Waals surface area (Å²) in [6.45, 7) is 3.73. The zero-order chi connectivity index (χ0) is 39.5. The first-order valence-electron chi connectivity index (χ1n) is 22.2. The van der Waals surface area contributed by atoms with E-state index in [0.29, 0.717) is 6.42 Å². The topological polar surface area (TPSA) is 149 Å². The average molecular weight is 766 g/mol. The molecule has 1 aliphatic heterocycles. The molecule has 6 N–H and O–H groups in total. The van der Waals surface area contributed by atoms with Crippen LogP contribution in [0.25, 0.3) is 0 Å². The van der Waals surface area contributed by atoms with Crippen LogP contribution in [0.5, 0.6) is 0 Å². The highest BCUT2D eigenvalue weighted by molar-refractivity contribution is 5.76. The average Bonchev–Trinajstić information content (AvgIpc) is 3.17. The van der Waals surface area contributed by atoms with Crippen molar-refractivity contribution in [2.45, 2.75) is 230 Å². The minimum absolute atomic E-state index is 0.192. The maximum atomic E-state index is 12.9. The third-order valence-corrected chi connectivity index (χ3v) is 10.4. The summed E-state index contributed by atoms with van der Waals surface area (Å²) in [5, 5.41) is 54.1. The lowest BCUT2D eigenvalue weighted by atomic mass is 9.99. The molecule has 0 aromatic rings. The fourth-order valence-corrected chi connectivity index (χ4v) is 6.83. The Morgan fingerprint density at radius 2 is 1.06 bits per heavy atom. The predicted molar refractivity (Wildman–Crippen MR) is 221 cm³/mol. The fourth-order valence-electron chi connectivity index (χ4n) is 6.83. The number of carbonyl (C=O) groups is 1. The smallest absolute Gasteiger partial charge is 0.220 e. The first-order chi connectivity index (χ1) is 26.3. The van der Waals surface area contributed by atoms with Crippen molar-refractivity contribution in [3.05, 3.63) is 36.5 Å². The van der Waals surface area contributed by atoms with Crippen molar-refractivity contribution in [1.29, 1.82) is 0 Å². The van der Waals surface area contributed by atoms with Crippen LogP contribution in [-0.4, -0.2) is 87.5 Å². The second-order valence-corrected chi connectivity index (χ2v) is 15.5. The quantitative estimate of drug-likeness (QED) is 0.0274. The Kier molecular flexibility index (Phi) is 33.4. The number of hydrogen-bond acceptors (Lipinski definition) is 8. The molecule has 7 unspecified atom stereocenters. The van der Waals surface area contributed by atoms with E-state index in [1.165, 1.54) is 122 Å². The van der Waals surface area contributed by atoms with Crippen molar-refractivity contribution in [3.8, 4) is 0 Å². The molecule has 0 bridgehead atoms. The molecule has 9 nitrogen and oxygen atoms in total. The van der Waals surface area contributed by atoms with Gasteiger partial charge < -0.3 is 40.3 Å². The second-order valence-electron chi connectivity index (χ2n) is 15.5. The molecule has 0 saturated carbocycles. The van der Waals surface area contributed by atoms with Crippen LogP contribution in [0.15, 0.2) is 36.5 Å². The standard InChI is InChI=1S/C45H83NO8/c1-3-5-7-9-11-13-15-17-18-19-20-21-23-24-26-28-30-32-34-39(48)38(37-53-45-44(52)43(51)42(50)40(36-47)54-45)46-41(49)35-33-31-29-27-25-22-16-14-12-10-8-6-4-2/h19-20,24,26,32,34,38-40,42-45,47-48,50-52H,3-18,21-23,25,27-31,33,35-37H2,1-2H3,(H,46,49)/b20-19+,26-24+,34-32+. The summed E-state index contributed by atoms with van der Waals surface area (Å²) in [4.78, 5) is 12.9. The highest BCUT2D eigenvalue weighted by atomic mass is 16.7. The molecule has 7 atom stereocenters. The molecule has 1 amide bonds. The molecule has 0 spiro atoms. The Hall–Kier alpha value is -1.59. The molecule has 1 rings (SSSR count). The number of aliphatic hydroxyl groups excluding tert-OH is 5. The molecule has 0 aliphatic carbocycles. The normalized spacial score (nSPS) is 21.8. The molecule has 1 heterocycles. The van der Waals surface area contributed by atoms with Crippen LogP contribution in [0.4, 0.5) is 0 Å². The maximum Gasteiger partial charge on any atom is 0.220 e. The Morgan fingerprint density at radius 3 is 1.56 bits per heavy atom. The Balaban J connectivity index is 2.42. The Labute approximate surface area is 330 Å². The van der Waals surface area contributed by atoms with E-state index in [-0.39, 0.29) is 12.5 Å². The van der Waals surface area contributed by atoms with E-state index in [9.17, 15) is 30.3 Å². The summed E-state index contributed by atoms with van der Waals surface area (Å²) >= 11 is 0. The number of allylic oxidation sites excluding steroid dienone is 5. The molecule has 9 heteroatoms. The van der Waals surface area contributed by atoms with Crippen LogP contribution < -0.4 is 5.32 Å². The number of hydrogen-bond donors (Lipinski definition) is 6. The number of rotatable bonds is 36. The van der Waals surface area contributed by atoms with Crippen LogP contribution >= 0.6 is 0 Å². The van der Waals surface area contributed by atoms with Gasteiger partial charge in [-0.2, -0.15) is 0 Å². The summed E-state index contributed by atoms with van der Waals surface area (Å²) < 4.78 is 11.2. The molecule has 1 saturated heterocycles. The molecule has 1 aliphatic rings. The van der Waals surface area contributed by atoms with Crippen LogP contribution in [0.1, 0.15) is 187 Å². The molecule has 316 valence electrons. The number of amides is 1. The largest absolute Gasteiger partial charge is 0.394 e. The molecule has 1 fully saturated rings. The number of unbranched alkanes of at least 4 members (excludes halogenated alkanes) is 22. The number of nitrogens with one attached hydrogen (secondary N) is 1. The highest BCUT2D eigenvalue weighted by Gasteiger charge is 2.44. The van der Waals surface area contributed by atoms with E-state index < -0.39 is 49.5 Å². The summed E-state index contributed by atoms with van der Waals surface area (Å²) in [5.41, 5.74) is 0. The molecular formula is C45H83NO8. The third kappa shape index (κ3) is 26.3. The number of carbonyl (C=O) groups excluding carboxylic acids is 1. The van der Waals surface area contributed by atoms with Gasteiger partial charge in [0, 0.05) is 6.42 Å². The Morgan fingerprint density at radius 1 is 0.611 bits per heavy atom. The van der Waals surface area contributed by atoms with Gasteiger partial charge >= 0.3 is 0 Å². The van der Waals surface area contributed by atoms with E-state index in [1.807, 2.05) is 6.08 Å². The van der Waals surface area contributed by atoms with E-state index in [4.69, 9.17) is 9.47 Å².